The van der Waals surface area contributed by atoms with Crippen molar-refractivity contribution in [3.05, 3.63) is 33.6 Å². The van der Waals surface area contributed by atoms with Gasteiger partial charge in [-0.15, -0.1) is 0 Å². The van der Waals surface area contributed by atoms with Gasteiger partial charge in [0.1, 0.15) is 11.5 Å². The van der Waals surface area contributed by atoms with E-state index >= 15 is 0 Å². The molecule has 1 saturated heterocycles. The molecule has 0 atom stereocenters. The molecule has 0 radical (unpaired) electrons. The fourth-order valence-corrected chi connectivity index (χ4v) is 2.02. The number of ether oxygens (including phenoxy) is 2. The van der Waals surface area contributed by atoms with Crippen LogP contribution < -0.4 is 4.90 Å². The number of rotatable bonds is 3. The molecule has 1 heterocycles. The Morgan fingerprint density at radius 2 is 2.10 bits per heavy atom. The van der Waals surface area contributed by atoms with Crippen molar-refractivity contribution >= 4 is 17.3 Å². The van der Waals surface area contributed by atoms with Gasteiger partial charge in [-0.1, -0.05) is 0 Å². The number of esters is 1. The van der Waals surface area contributed by atoms with Crippen molar-refractivity contribution < 1.29 is 23.6 Å². The van der Waals surface area contributed by atoms with Gasteiger partial charge in [0.25, 0.3) is 5.69 Å². The minimum atomic E-state index is -0.972. The van der Waals surface area contributed by atoms with Crippen LogP contribution in [0.5, 0.6) is 0 Å². The van der Waals surface area contributed by atoms with Crippen molar-refractivity contribution in [1.82, 2.24) is 0 Å². The van der Waals surface area contributed by atoms with Crippen LogP contribution in [0.1, 0.15) is 10.4 Å². The molecule has 0 saturated carbocycles. The fourth-order valence-electron chi connectivity index (χ4n) is 2.02. The molecular formula is C12H13FN2O5. The van der Waals surface area contributed by atoms with Crippen molar-refractivity contribution in [2.24, 2.45) is 0 Å². The Kier molecular flexibility index (Phi) is 4.14. The van der Waals surface area contributed by atoms with E-state index in [-0.39, 0.29) is 16.9 Å². The van der Waals surface area contributed by atoms with Crippen LogP contribution in [0.3, 0.4) is 0 Å². The Hall–Kier alpha value is -2.22. The van der Waals surface area contributed by atoms with Crippen molar-refractivity contribution in [1.29, 1.82) is 0 Å². The summed E-state index contributed by atoms with van der Waals surface area (Å²) in [6, 6.07) is 1.90. The van der Waals surface area contributed by atoms with Crippen LogP contribution in [-0.2, 0) is 9.47 Å². The number of nitro groups is 1. The second kappa shape index (κ2) is 5.83. The third-order valence-electron chi connectivity index (χ3n) is 3.02. The fraction of sp³-hybridized carbons (Fsp3) is 0.417. The van der Waals surface area contributed by atoms with Crippen molar-refractivity contribution in [2.75, 3.05) is 38.3 Å². The van der Waals surface area contributed by atoms with Gasteiger partial charge in [-0.05, 0) is 6.07 Å². The lowest BCUT2D eigenvalue weighted by atomic mass is 10.1. The van der Waals surface area contributed by atoms with Crippen LogP contribution in [0.25, 0.3) is 0 Å². The van der Waals surface area contributed by atoms with Gasteiger partial charge in [-0.3, -0.25) is 10.1 Å². The molecule has 0 N–H and O–H groups in total. The van der Waals surface area contributed by atoms with Gasteiger partial charge in [0, 0.05) is 13.1 Å². The summed E-state index contributed by atoms with van der Waals surface area (Å²) in [7, 11) is 1.12. The molecule has 7 nitrogen and oxygen atoms in total. The standard InChI is InChI=1S/C12H13FN2O5/c1-19-12(16)8-6-10(14-2-4-20-5-3-14)11(15(17)18)7-9(8)13/h6-7H,2-5H2,1H3. The molecule has 0 bridgehead atoms. The Morgan fingerprint density at radius 1 is 1.45 bits per heavy atom. The highest BCUT2D eigenvalue weighted by molar-refractivity contribution is 5.92. The summed E-state index contributed by atoms with van der Waals surface area (Å²) < 4.78 is 23.4. The second-order valence-corrected chi connectivity index (χ2v) is 4.17. The van der Waals surface area contributed by atoms with Crippen LogP contribution in [0, 0.1) is 15.9 Å². The minimum absolute atomic E-state index is 0.195. The number of carbonyl (C=O) groups excluding carboxylic acids is 1. The number of hydrogen-bond donors (Lipinski definition) is 0. The first kappa shape index (κ1) is 14.2. The summed E-state index contributed by atoms with van der Waals surface area (Å²) in [6.07, 6.45) is 0. The number of nitro benzene ring substituents is 1. The van der Waals surface area contributed by atoms with Crippen LogP contribution >= 0.6 is 0 Å². The van der Waals surface area contributed by atoms with Gasteiger partial charge in [-0.25, -0.2) is 9.18 Å². The summed E-state index contributed by atoms with van der Waals surface area (Å²) in [5.74, 6) is -1.84. The highest BCUT2D eigenvalue weighted by atomic mass is 19.1. The molecule has 1 aromatic rings. The van der Waals surface area contributed by atoms with Gasteiger partial charge >= 0.3 is 5.97 Å². The average Bonchev–Trinajstić information content (AvgIpc) is 2.47. The maximum atomic E-state index is 13.7. The van der Waals surface area contributed by atoms with Crippen molar-refractivity contribution in [2.45, 2.75) is 0 Å². The maximum absolute atomic E-state index is 13.7. The Bertz CT molecular complexity index is 543. The Morgan fingerprint density at radius 3 is 2.65 bits per heavy atom. The Labute approximate surface area is 114 Å². The molecule has 0 spiro atoms. The topological polar surface area (TPSA) is 81.9 Å². The smallest absolute Gasteiger partial charge is 0.340 e. The van der Waals surface area contributed by atoms with E-state index in [0.29, 0.717) is 26.3 Å². The number of methoxy groups -OCH3 is 1. The monoisotopic (exact) mass is 284 g/mol. The Balaban J connectivity index is 2.50. The highest BCUT2D eigenvalue weighted by Crippen LogP contribution is 2.32. The number of anilines is 1. The van der Waals surface area contributed by atoms with Gasteiger partial charge < -0.3 is 14.4 Å². The molecule has 2 rings (SSSR count). The first-order valence-corrected chi connectivity index (χ1v) is 5.93. The lowest BCUT2D eigenvalue weighted by molar-refractivity contribution is -0.384. The first-order valence-electron chi connectivity index (χ1n) is 5.93. The molecular weight excluding hydrogens is 271 g/mol. The van der Waals surface area contributed by atoms with Crippen molar-refractivity contribution in [3.63, 3.8) is 0 Å². The summed E-state index contributed by atoms with van der Waals surface area (Å²) in [6.45, 7) is 1.71. The van der Waals surface area contributed by atoms with E-state index in [4.69, 9.17) is 4.74 Å². The highest BCUT2D eigenvalue weighted by Gasteiger charge is 2.26. The second-order valence-electron chi connectivity index (χ2n) is 4.17. The zero-order valence-electron chi connectivity index (χ0n) is 10.8. The molecule has 1 aliphatic rings. The van der Waals surface area contributed by atoms with Gasteiger partial charge in [-0.2, -0.15) is 0 Å². The van der Waals surface area contributed by atoms with Crippen LogP contribution in [-0.4, -0.2) is 44.3 Å². The first-order chi connectivity index (χ1) is 9.54. The third kappa shape index (κ3) is 2.69. The minimum Gasteiger partial charge on any atom is -0.465 e. The van der Waals surface area contributed by atoms with Gasteiger partial charge in [0.2, 0.25) is 0 Å². The van der Waals surface area contributed by atoms with Crippen LogP contribution in [0.15, 0.2) is 12.1 Å². The third-order valence-corrected chi connectivity index (χ3v) is 3.02. The number of halogens is 1. The quantitative estimate of drug-likeness (QED) is 0.473. The number of hydrogen-bond acceptors (Lipinski definition) is 6. The van der Waals surface area contributed by atoms with E-state index in [9.17, 15) is 19.3 Å². The molecule has 0 unspecified atom stereocenters. The predicted octanol–water partition coefficient (Wildman–Crippen LogP) is 1.36. The van der Waals surface area contributed by atoms with E-state index in [2.05, 4.69) is 4.74 Å². The predicted molar refractivity (Wildman–Crippen MR) is 67.4 cm³/mol. The van der Waals surface area contributed by atoms with E-state index in [1.54, 1.807) is 4.90 Å². The molecule has 0 amide bonds. The molecule has 1 fully saturated rings. The zero-order valence-corrected chi connectivity index (χ0v) is 10.8. The molecule has 108 valence electrons. The lowest BCUT2D eigenvalue weighted by Gasteiger charge is -2.28. The van der Waals surface area contributed by atoms with E-state index in [0.717, 1.165) is 19.2 Å². The summed E-state index contributed by atoms with van der Waals surface area (Å²) in [5, 5.41) is 11.0. The lowest BCUT2D eigenvalue weighted by Crippen LogP contribution is -2.36. The number of nitrogens with zero attached hydrogens (tertiary/aromatic N) is 2. The van der Waals surface area contributed by atoms with E-state index < -0.39 is 16.7 Å². The summed E-state index contributed by atoms with van der Waals surface area (Å²) >= 11 is 0. The summed E-state index contributed by atoms with van der Waals surface area (Å²) in [4.78, 5) is 23.5. The molecule has 0 aliphatic carbocycles. The average molecular weight is 284 g/mol. The zero-order chi connectivity index (χ0) is 14.7. The van der Waals surface area contributed by atoms with E-state index in [1.807, 2.05) is 0 Å². The SMILES string of the molecule is COC(=O)c1cc(N2CCOCC2)c([N+](=O)[O-])cc1F. The number of benzene rings is 1. The van der Waals surface area contributed by atoms with Gasteiger partial charge in [0.05, 0.1) is 36.9 Å². The molecule has 8 heteroatoms. The number of morpholine rings is 1. The molecule has 20 heavy (non-hydrogen) atoms. The van der Waals surface area contributed by atoms with Crippen molar-refractivity contribution in [3.8, 4) is 0 Å². The normalized spacial score (nSPS) is 15.0. The number of carbonyl (C=O) groups is 1. The van der Waals surface area contributed by atoms with E-state index in [1.165, 1.54) is 0 Å². The molecule has 0 aromatic heterocycles. The van der Waals surface area contributed by atoms with Crippen LogP contribution in [0.2, 0.25) is 0 Å². The van der Waals surface area contributed by atoms with Gasteiger partial charge in [0.15, 0.2) is 0 Å². The maximum Gasteiger partial charge on any atom is 0.340 e. The van der Waals surface area contributed by atoms with Crippen LogP contribution in [0.4, 0.5) is 15.8 Å². The largest absolute Gasteiger partial charge is 0.465 e. The molecule has 1 aromatic carbocycles. The molecule has 1 aliphatic heterocycles. The summed E-state index contributed by atoms with van der Waals surface area (Å²) in [5.41, 5.74) is -0.503.